The number of hydrazone groups is 1. The van der Waals surface area contributed by atoms with E-state index in [1.54, 1.807) is 13.8 Å². The predicted octanol–water partition coefficient (Wildman–Crippen LogP) is 0.298. The van der Waals surface area contributed by atoms with Gasteiger partial charge in [-0.25, -0.2) is 4.79 Å². The number of nitrogens with zero attached hydrogens (tertiary/aromatic N) is 2. The number of rotatable bonds is 2. The van der Waals surface area contributed by atoms with Crippen molar-refractivity contribution in [2.45, 2.75) is 26.5 Å². The lowest BCUT2D eigenvalue weighted by Gasteiger charge is -2.35. The maximum absolute atomic E-state index is 11.9. The van der Waals surface area contributed by atoms with Gasteiger partial charge >= 0.3 is 12.0 Å². The van der Waals surface area contributed by atoms with E-state index < -0.39 is 18.2 Å². The summed E-state index contributed by atoms with van der Waals surface area (Å²) in [5.74, 6) is -0.898. The van der Waals surface area contributed by atoms with Gasteiger partial charge in [-0.15, -0.1) is 0 Å². The molecule has 0 saturated carbocycles. The van der Waals surface area contributed by atoms with Gasteiger partial charge in [-0.3, -0.25) is 4.79 Å². The summed E-state index contributed by atoms with van der Waals surface area (Å²) in [7, 11) is 0. The maximum Gasteiger partial charge on any atom is 0.337 e. The lowest BCUT2D eigenvalue weighted by Crippen LogP contribution is -2.51. The first-order valence-corrected chi connectivity index (χ1v) is 5.98. The molecular weight excluding hydrogens is 238 g/mol. The first-order valence-electron chi connectivity index (χ1n) is 5.98. The van der Waals surface area contributed by atoms with E-state index in [1.165, 1.54) is 0 Å². The largest absolute Gasteiger partial charge is 0.465 e. The molecule has 0 radical (unpaired) electrons. The molecule has 3 atom stereocenters. The van der Waals surface area contributed by atoms with Crippen LogP contribution in [0.25, 0.3) is 0 Å². The van der Waals surface area contributed by atoms with E-state index >= 15 is 0 Å². The van der Waals surface area contributed by atoms with Crippen LogP contribution in [0.2, 0.25) is 0 Å². The highest BCUT2D eigenvalue weighted by atomic mass is 16.5. The molecule has 0 unspecified atom stereocenters. The second kappa shape index (κ2) is 4.93. The number of amides is 2. The third kappa shape index (κ3) is 2.05. The zero-order chi connectivity index (χ0) is 13.3. The second-order valence-electron chi connectivity index (χ2n) is 4.37. The van der Waals surface area contributed by atoms with Crippen LogP contribution in [0, 0.1) is 11.8 Å². The molecule has 2 N–H and O–H groups in total. The average molecular weight is 255 g/mol. The lowest BCUT2D eigenvalue weighted by atomic mass is 9.85. The summed E-state index contributed by atoms with van der Waals surface area (Å²) in [6.45, 7) is 4.26. The fourth-order valence-electron chi connectivity index (χ4n) is 2.53. The number of primary amides is 1. The van der Waals surface area contributed by atoms with Gasteiger partial charge in [0.25, 0.3) is 0 Å². The van der Waals surface area contributed by atoms with Gasteiger partial charge in [0.1, 0.15) is 5.92 Å². The van der Waals surface area contributed by atoms with E-state index in [2.05, 4.69) is 5.10 Å². The number of ether oxygens (including phenoxy) is 2. The van der Waals surface area contributed by atoms with Crippen molar-refractivity contribution in [3.63, 3.8) is 0 Å². The third-order valence-electron chi connectivity index (χ3n) is 3.26. The summed E-state index contributed by atoms with van der Waals surface area (Å²) in [4.78, 5) is 23.2. The van der Waals surface area contributed by atoms with Crippen molar-refractivity contribution in [1.29, 1.82) is 0 Å². The standard InChI is InChI=1S/C11H17N3O4/c1-3-17-10(15)8-6(2)13-14(11(12)16)9-7(8)4-5-18-9/h7-9H,3-5H2,1-2H3,(H2,12,16)/t7-,8+,9-/m0/s1. The predicted molar refractivity (Wildman–Crippen MR) is 62.5 cm³/mol. The Morgan fingerprint density at radius 1 is 1.61 bits per heavy atom. The maximum atomic E-state index is 11.9. The van der Waals surface area contributed by atoms with Crippen molar-refractivity contribution < 1.29 is 19.1 Å². The molecule has 0 aromatic rings. The van der Waals surface area contributed by atoms with Crippen LogP contribution in [-0.4, -0.2) is 42.2 Å². The van der Waals surface area contributed by atoms with Crippen LogP contribution in [-0.2, 0) is 14.3 Å². The van der Waals surface area contributed by atoms with E-state index in [-0.39, 0.29) is 11.9 Å². The quantitative estimate of drug-likeness (QED) is 0.718. The van der Waals surface area contributed by atoms with Crippen LogP contribution in [0.1, 0.15) is 20.3 Å². The molecule has 7 heteroatoms. The van der Waals surface area contributed by atoms with E-state index in [0.717, 1.165) is 5.01 Å². The van der Waals surface area contributed by atoms with Crippen LogP contribution in [0.15, 0.2) is 5.10 Å². The third-order valence-corrected chi connectivity index (χ3v) is 3.26. The van der Waals surface area contributed by atoms with Crippen LogP contribution < -0.4 is 5.73 Å². The smallest absolute Gasteiger partial charge is 0.337 e. The topological polar surface area (TPSA) is 94.2 Å². The van der Waals surface area contributed by atoms with Gasteiger partial charge in [-0.1, -0.05) is 0 Å². The van der Waals surface area contributed by atoms with Crippen molar-refractivity contribution >= 4 is 17.7 Å². The number of fused-ring (bicyclic) bond motifs is 1. The van der Waals surface area contributed by atoms with Gasteiger partial charge in [0, 0.05) is 12.5 Å². The van der Waals surface area contributed by atoms with Gasteiger partial charge in [-0.05, 0) is 20.3 Å². The molecule has 18 heavy (non-hydrogen) atoms. The molecule has 0 aliphatic carbocycles. The molecule has 2 aliphatic heterocycles. The Kier molecular flexibility index (Phi) is 3.51. The molecule has 1 saturated heterocycles. The Morgan fingerprint density at radius 3 is 2.94 bits per heavy atom. The first kappa shape index (κ1) is 12.8. The summed E-state index contributed by atoms with van der Waals surface area (Å²) in [5, 5.41) is 5.17. The summed E-state index contributed by atoms with van der Waals surface area (Å²) in [5.41, 5.74) is 5.79. The summed E-state index contributed by atoms with van der Waals surface area (Å²) >= 11 is 0. The molecule has 0 aromatic heterocycles. The van der Waals surface area contributed by atoms with Crippen molar-refractivity contribution in [2.75, 3.05) is 13.2 Å². The molecule has 2 heterocycles. The highest BCUT2D eigenvalue weighted by molar-refractivity contribution is 6.02. The number of carbonyl (C=O) groups is 2. The minimum absolute atomic E-state index is 0.131. The van der Waals surface area contributed by atoms with Crippen LogP contribution in [0.3, 0.4) is 0 Å². The van der Waals surface area contributed by atoms with Crippen molar-refractivity contribution in [3.05, 3.63) is 0 Å². The first-order chi connectivity index (χ1) is 8.56. The molecular formula is C11H17N3O4. The van der Waals surface area contributed by atoms with E-state index in [1.807, 2.05) is 0 Å². The molecule has 0 bridgehead atoms. The number of hydrogen-bond donors (Lipinski definition) is 1. The number of urea groups is 1. The molecule has 0 spiro atoms. The fraction of sp³-hybridized carbons (Fsp3) is 0.727. The van der Waals surface area contributed by atoms with Crippen molar-refractivity contribution in [3.8, 4) is 0 Å². The molecule has 0 aromatic carbocycles. The SMILES string of the molecule is CCOC(=O)[C@@H]1C(C)=NN(C(N)=O)[C@H]2OCC[C@@H]12. The van der Waals surface area contributed by atoms with Crippen molar-refractivity contribution in [2.24, 2.45) is 22.7 Å². The summed E-state index contributed by atoms with van der Waals surface area (Å²) in [6, 6.07) is -0.673. The van der Waals surface area contributed by atoms with Gasteiger partial charge in [0.2, 0.25) is 0 Å². The minimum Gasteiger partial charge on any atom is -0.465 e. The zero-order valence-electron chi connectivity index (χ0n) is 10.5. The molecule has 2 rings (SSSR count). The van der Waals surface area contributed by atoms with E-state index in [0.29, 0.717) is 25.3 Å². The molecule has 1 fully saturated rings. The Morgan fingerprint density at radius 2 is 2.33 bits per heavy atom. The van der Waals surface area contributed by atoms with Crippen LogP contribution >= 0.6 is 0 Å². The number of carbonyl (C=O) groups excluding carboxylic acids is 2. The summed E-state index contributed by atoms with van der Waals surface area (Å²) < 4.78 is 10.5. The number of esters is 1. The van der Waals surface area contributed by atoms with E-state index in [9.17, 15) is 9.59 Å². The average Bonchev–Trinajstić information content (AvgIpc) is 2.76. The molecule has 7 nitrogen and oxygen atoms in total. The Hall–Kier alpha value is -1.63. The molecule has 2 aliphatic rings. The Balaban J connectivity index is 2.29. The Bertz CT molecular complexity index is 396. The van der Waals surface area contributed by atoms with Crippen LogP contribution in [0.5, 0.6) is 0 Å². The normalized spacial score (nSPS) is 30.7. The highest BCUT2D eigenvalue weighted by Gasteiger charge is 2.48. The lowest BCUT2D eigenvalue weighted by molar-refractivity contribution is -0.149. The molecule has 100 valence electrons. The minimum atomic E-state index is -0.673. The Labute approximate surface area is 105 Å². The van der Waals surface area contributed by atoms with Gasteiger partial charge in [-0.2, -0.15) is 10.1 Å². The zero-order valence-corrected chi connectivity index (χ0v) is 10.5. The summed E-state index contributed by atoms with van der Waals surface area (Å²) in [6.07, 6.45) is 0.130. The van der Waals surface area contributed by atoms with E-state index in [4.69, 9.17) is 15.2 Å². The second-order valence-corrected chi connectivity index (χ2v) is 4.37. The van der Waals surface area contributed by atoms with Gasteiger partial charge in [0.05, 0.1) is 12.3 Å². The highest BCUT2D eigenvalue weighted by Crippen LogP contribution is 2.36. The van der Waals surface area contributed by atoms with Gasteiger partial charge < -0.3 is 15.2 Å². The molecule has 2 amide bonds. The number of nitrogens with two attached hydrogens (primary N) is 1. The fourth-order valence-corrected chi connectivity index (χ4v) is 2.53. The number of hydrogen-bond acceptors (Lipinski definition) is 5. The monoisotopic (exact) mass is 255 g/mol. The van der Waals surface area contributed by atoms with Gasteiger partial charge in [0.15, 0.2) is 6.23 Å². The van der Waals surface area contributed by atoms with Crippen LogP contribution in [0.4, 0.5) is 4.79 Å². The van der Waals surface area contributed by atoms with Crippen molar-refractivity contribution in [1.82, 2.24) is 5.01 Å².